The molecule has 0 aromatic rings. The molecule has 0 bridgehead atoms. The lowest BCUT2D eigenvalue weighted by Crippen LogP contribution is -2.10. The van der Waals surface area contributed by atoms with Crippen LogP contribution in [-0.4, -0.2) is 0 Å². The summed E-state index contributed by atoms with van der Waals surface area (Å²) in [7, 11) is 0. The molecule has 2 atom stereocenters. The Morgan fingerprint density at radius 2 is 0.680 bits per heavy atom. The average Bonchev–Trinajstić information content (AvgIpc) is 2.62. The van der Waals surface area contributed by atoms with Crippen molar-refractivity contribution in [3.8, 4) is 0 Å². The maximum absolute atomic E-state index is 2.36. The summed E-state index contributed by atoms with van der Waals surface area (Å²) in [5.41, 5.74) is 0. The standard InChI is InChI=1S/C25H52/c1-5-9-13-14-15-18-22-25(21-17-11-7-3)23-24(19-12-8-4)20-16-10-6-2/h24-25H,5-23H2,1-4H3. The lowest BCUT2D eigenvalue weighted by atomic mass is 9.82. The number of rotatable bonds is 20. The summed E-state index contributed by atoms with van der Waals surface area (Å²) < 4.78 is 0. The normalized spacial score (nSPS) is 13.9. The van der Waals surface area contributed by atoms with Crippen LogP contribution in [0.25, 0.3) is 0 Å². The van der Waals surface area contributed by atoms with E-state index in [1.165, 1.54) is 116 Å². The van der Waals surface area contributed by atoms with Crippen molar-refractivity contribution in [1.82, 2.24) is 0 Å². The number of hydrogen-bond donors (Lipinski definition) is 0. The van der Waals surface area contributed by atoms with Crippen molar-refractivity contribution in [2.24, 2.45) is 11.8 Å². The fourth-order valence-corrected chi connectivity index (χ4v) is 4.30. The summed E-state index contributed by atoms with van der Waals surface area (Å²) in [6.45, 7) is 9.36. The highest BCUT2D eigenvalue weighted by Gasteiger charge is 2.16. The van der Waals surface area contributed by atoms with Gasteiger partial charge in [0.05, 0.1) is 0 Å². The Labute approximate surface area is 161 Å². The molecular weight excluding hydrogens is 300 g/mol. The molecule has 2 unspecified atom stereocenters. The van der Waals surface area contributed by atoms with Crippen molar-refractivity contribution >= 4 is 0 Å². The second-order valence-electron chi connectivity index (χ2n) is 8.66. The minimum Gasteiger partial charge on any atom is -0.0654 e. The fraction of sp³-hybridized carbons (Fsp3) is 1.00. The molecule has 0 aromatic heterocycles. The molecule has 0 saturated carbocycles. The van der Waals surface area contributed by atoms with Gasteiger partial charge in [-0.3, -0.25) is 0 Å². The third kappa shape index (κ3) is 17.2. The van der Waals surface area contributed by atoms with E-state index in [2.05, 4.69) is 27.7 Å². The summed E-state index contributed by atoms with van der Waals surface area (Å²) in [5, 5.41) is 0. The summed E-state index contributed by atoms with van der Waals surface area (Å²) in [6.07, 6.45) is 27.7. The van der Waals surface area contributed by atoms with E-state index in [-0.39, 0.29) is 0 Å². The van der Waals surface area contributed by atoms with Crippen molar-refractivity contribution in [2.75, 3.05) is 0 Å². The van der Waals surface area contributed by atoms with E-state index in [1.54, 1.807) is 6.42 Å². The van der Waals surface area contributed by atoms with Crippen molar-refractivity contribution in [2.45, 2.75) is 150 Å². The van der Waals surface area contributed by atoms with Gasteiger partial charge in [0.1, 0.15) is 0 Å². The first-order chi connectivity index (χ1) is 12.3. The van der Waals surface area contributed by atoms with Gasteiger partial charge in [0.2, 0.25) is 0 Å². The zero-order valence-corrected chi connectivity index (χ0v) is 18.6. The third-order valence-corrected chi connectivity index (χ3v) is 6.03. The molecule has 0 heteroatoms. The van der Waals surface area contributed by atoms with Crippen molar-refractivity contribution in [1.29, 1.82) is 0 Å². The van der Waals surface area contributed by atoms with Gasteiger partial charge in [-0.15, -0.1) is 0 Å². The van der Waals surface area contributed by atoms with Crippen LogP contribution in [0.4, 0.5) is 0 Å². The van der Waals surface area contributed by atoms with Crippen LogP contribution in [0.5, 0.6) is 0 Å². The van der Waals surface area contributed by atoms with E-state index >= 15 is 0 Å². The molecule has 0 heterocycles. The van der Waals surface area contributed by atoms with Gasteiger partial charge in [-0.2, -0.15) is 0 Å². The summed E-state index contributed by atoms with van der Waals surface area (Å²) in [4.78, 5) is 0. The van der Waals surface area contributed by atoms with Gasteiger partial charge in [-0.05, 0) is 18.3 Å². The van der Waals surface area contributed by atoms with Crippen LogP contribution in [0.1, 0.15) is 150 Å². The molecule has 0 radical (unpaired) electrons. The van der Waals surface area contributed by atoms with E-state index in [4.69, 9.17) is 0 Å². The molecule has 0 N–H and O–H groups in total. The molecular formula is C25H52. The van der Waals surface area contributed by atoms with Crippen LogP contribution in [0.15, 0.2) is 0 Å². The largest absolute Gasteiger partial charge is 0.0654 e. The number of hydrogen-bond acceptors (Lipinski definition) is 0. The predicted molar refractivity (Wildman–Crippen MR) is 117 cm³/mol. The van der Waals surface area contributed by atoms with E-state index in [1.807, 2.05) is 0 Å². The van der Waals surface area contributed by atoms with Crippen molar-refractivity contribution in [3.05, 3.63) is 0 Å². The average molecular weight is 353 g/mol. The first kappa shape index (κ1) is 25.0. The van der Waals surface area contributed by atoms with Gasteiger partial charge in [0, 0.05) is 0 Å². The van der Waals surface area contributed by atoms with E-state index in [0.717, 1.165) is 11.8 Å². The van der Waals surface area contributed by atoms with Crippen LogP contribution in [0.3, 0.4) is 0 Å². The maximum Gasteiger partial charge on any atom is -0.0412 e. The highest BCUT2D eigenvalue weighted by Crippen LogP contribution is 2.30. The Hall–Kier alpha value is 0. The lowest BCUT2D eigenvalue weighted by Gasteiger charge is -2.24. The fourth-order valence-electron chi connectivity index (χ4n) is 4.30. The van der Waals surface area contributed by atoms with Crippen LogP contribution in [0, 0.1) is 11.8 Å². The van der Waals surface area contributed by atoms with Gasteiger partial charge in [-0.25, -0.2) is 0 Å². The van der Waals surface area contributed by atoms with Crippen molar-refractivity contribution < 1.29 is 0 Å². The molecule has 0 saturated heterocycles. The Bertz CT molecular complexity index is 232. The van der Waals surface area contributed by atoms with Crippen molar-refractivity contribution in [3.63, 3.8) is 0 Å². The highest BCUT2D eigenvalue weighted by molar-refractivity contribution is 4.68. The predicted octanol–water partition coefficient (Wildman–Crippen LogP) is 9.71. The minimum absolute atomic E-state index is 1.03. The van der Waals surface area contributed by atoms with Gasteiger partial charge < -0.3 is 0 Å². The minimum atomic E-state index is 1.03. The van der Waals surface area contributed by atoms with Crippen LogP contribution >= 0.6 is 0 Å². The number of unbranched alkanes of at least 4 members (excludes halogenated alkanes) is 10. The molecule has 152 valence electrons. The zero-order chi connectivity index (χ0) is 18.6. The maximum atomic E-state index is 2.36. The quantitative estimate of drug-likeness (QED) is 0.191. The molecule has 25 heavy (non-hydrogen) atoms. The smallest absolute Gasteiger partial charge is 0.0412 e. The summed E-state index contributed by atoms with van der Waals surface area (Å²) in [5.74, 6) is 2.06. The molecule has 0 aliphatic heterocycles. The molecule has 0 rings (SSSR count). The Morgan fingerprint density at radius 3 is 1.16 bits per heavy atom. The molecule has 0 nitrogen and oxygen atoms in total. The van der Waals surface area contributed by atoms with Gasteiger partial charge in [0.15, 0.2) is 0 Å². The Kier molecular flexibility index (Phi) is 20.3. The second kappa shape index (κ2) is 20.3. The summed E-state index contributed by atoms with van der Waals surface area (Å²) in [6, 6.07) is 0. The zero-order valence-electron chi connectivity index (χ0n) is 18.6. The van der Waals surface area contributed by atoms with Gasteiger partial charge in [0.25, 0.3) is 0 Å². The van der Waals surface area contributed by atoms with E-state index < -0.39 is 0 Å². The van der Waals surface area contributed by atoms with Crippen LogP contribution in [0.2, 0.25) is 0 Å². The molecule has 0 spiro atoms. The first-order valence-corrected chi connectivity index (χ1v) is 12.3. The van der Waals surface area contributed by atoms with Crippen LogP contribution < -0.4 is 0 Å². The lowest BCUT2D eigenvalue weighted by molar-refractivity contribution is 0.285. The van der Waals surface area contributed by atoms with Crippen LogP contribution in [-0.2, 0) is 0 Å². The molecule has 0 aliphatic carbocycles. The summed E-state index contributed by atoms with van der Waals surface area (Å²) >= 11 is 0. The van der Waals surface area contributed by atoms with E-state index in [9.17, 15) is 0 Å². The topological polar surface area (TPSA) is 0 Å². The molecule has 0 amide bonds. The Morgan fingerprint density at radius 1 is 0.360 bits per heavy atom. The Balaban J connectivity index is 4.25. The van der Waals surface area contributed by atoms with Gasteiger partial charge in [-0.1, -0.05) is 143 Å². The van der Waals surface area contributed by atoms with E-state index in [0.29, 0.717) is 0 Å². The second-order valence-corrected chi connectivity index (χ2v) is 8.66. The molecule has 0 aromatic carbocycles. The molecule has 0 aliphatic rings. The highest BCUT2D eigenvalue weighted by atomic mass is 14.2. The first-order valence-electron chi connectivity index (χ1n) is 12.3. The third-order valence-electron chi connectivity index (χ3n) is 6.03. The molecule has 0 fully saturated rings. The monoisotopic (exact) mass is 352 g/mol. The SMILES string of the molecule is CCCCCCCCC(CCCCC)CC(CCCC)CCCCC. The van der Waals surface area contributed by atoms with Gasteiger partial charge >= 0.3 is 0 Å².